The Bertz CT molecular complexity index is 317. The molecule has 0 N–H and O–H groups in total. The summed E-state index contributed by atoms with van der Waals surface area (Å²) in [5, 5.41) is 0. The van der Waals surface area contributed by atoms with Crippen LogP contribution < -0.4 is 0 Å². The Kier molecular flexibility index (Phi) is 1.84. The van der Waals surface area contributed by atoms with E-state index in [1.165, 1.54) is 19.3 Å². The van der Waals surface area contributed by atoms with Gasteiger partial charge in [0, 0.05) is 12.1 Å². The predicted octanol–water partition coefficient (Wildman–Crippen LogP) is 3.34. The molecule has 1 heterocycles. The summed E-state index contributed by atoms with van der Waals surface area (Å²) in [7, 11) is 0. The van der Waals surface area contributed by atoms with Gasteiger partial charge in [0.25, 0.3) is 0 Å². The van der Waals surface area contributed by atoms with Gasteiger partial charge in [0.15, 0.2) is 0 Å². The minimum absolute atomic E-state index is 0.565. The van der Waals surface area contributed by atoms with E-state index in [9.17, 15) is 0 Å². The molecule has 1 nitrogen and oxygen atoms in total. The summed E-state index contributed by atoms with van der Waals surface area (Å²) in [6.45, 7) is 1.16. The van der Waals surface area contributed by atoms with E-state index < -0.39 is 0 Å². The lowest BCUT2D eigenvalue weighted by molar-refractivity contribution is -0.0673. The molecule has 4 bridgehead atoms. The monoisotopic (exact) mass is 215 g/mol. The molecule has 5 aliphatic rings. The molecule has 0 radical (unpaired) electrons. The molecule has 16 heavy (non-hydrogen) atoms. The van der Waals surface area contributed by atoms with Crippen LogP contribution in [0.25, 0.3) is 0 Å². The molecule has 0 amide bonds. The minimum Gasteiger partial charge on any atom is -0.368 e. The van der Waals surface area contributed by atoms with Crippen molar-refractivity contribution in [1.29, 1.82) is 0 Å². The van der Waals surface area contributed by atoms with Crippen molar-refractivity contribution in [3.63, 3.8) is 0 Å². The van der Waals surface area contributed by atoms with E-state index in [1.807, 2.05) is 0 Å². The zero-order valence-corrected chi connectivity index (χ0v) is 9.94. The van der Waals surface area contributed by atoms with E-state index in [4.69, 9.17) is 0 Å². The summed E-state index contributed by atoms with van der Waals surface area (Å²) in [5.41, 5.74) is 0.565. The van der Waals surface area contributed by atoms with Crippen LogP contribution in [0, 0.1) is 17.8 Å². The molecule has 1 heteroatoms. The first-order valence-electron chi connectivity index (χ1n) is 6.94. The van der Waals surface area contributed by atoms with E-state index in [2.05, 4.69) is 29.3 Å². The molecule has 5 rings (SSSR count). The zero-order valence-electron chi connectivity index (χ0n) is 9.94. The third kappa shape index (κ3) is 1.23. The normalized spacial score (nSPS) is 49.0. The van der Waals surface area contributed by atoms with Crippen molar-refractivity contribution in [2.45, 2.75) is 44.1 Å². The van der Waals surface area contributed by atoms with Gasteiger partial charge in [-0.05, 0) is 68.6 Å². The maximum Gasteiger partial charge on any atom is 0.0408 e. The van der Waals surface area contributed by atoms with Gasteiger partial charge in [-0.1, -0.05) is 12.2 Å². The van der Waals surface area contributed by atoms with Gasteiger partial charge in [0.1, 0.15) is 0 Å². The lowest BCUT2D eigenvalue weighted by Crippen LogP contribution is -2.58. The molecule has 0 aromatic rings. The highest BCUT2D eigenvalue weighted by Crippen LogP contribution is 2.57. The zero-order chi connectivity index (χ0) is 10.6. The Morgan fingerprint density at radius 1 is 0.875 bits per heavy atom. The number of hydrogen-bond acceptors (Lipinski definition) is 1. The molecule has 86 valence electrons. The molecule has 0 unspecified atom stereocenters. The number of allylic oxidation sites excluding steroid dienone is 2. The van der Waals surface area contributed by atoms with Gasteiger partial charge in [-0.15, -0.1) is 0 Å². The van der Waals surface area contributed by atoms with Gasteiger partial charge < -0.3 is 4.90 Å². The van der Waals surface area contributed by atoms with E-state index in [0.29, 0.717) is 5.54 Å². The second kappa shape index (κ2) is 3.15. The fourth-order valence-electron chi connectivity index (χ4n) is 5.24. The highest BCUT2D eigenvalue weighted by atomic mass is 15.2. The molecule has 0 aromatic carbocycles. The van der Waals surface area contributed by atoms with Crippen LogP contribution in [0.3, 0.4) is 0 Å². The number of nitrogens with zero attached hydrogens (tertiary/aromatic N) is 1. The van der Waals surface area contributed by atoms with Crippen molar-refractivity contribution in [2.24, 2.45) is 17.8 Å². The molecule has 1 aliphatic heterocycles. The summed E-state index contributed by atoms with van der Waals surface area (Å²) in [6, 6.07) is 0. The SMILES string of the molecule is C1=CCN(C23CC4CC(CC(C4)C2)C3)C=C1. The first-order valence-corrected chi connectivity index (χ1v) is 6.94. The van der Waals surface area contributed by atoms with Gasteiger partial charge in [-0.25, -0.2) is 0 Å². The molecule has 4 aliphatic carbocycles. The maximum atomic E-state index is 2.66. The summed E-state index contributed by atoms with van der Waals surface area (Å²) in [5.74, 6) is 3.18. The van der Waals surface area contributed by atoms with Crippen LogP contribution in [-0.2, 0) is 0 Å². The Morgan fingerprint density at radius 3 is 2.00 bits per heavy atom. The maximum absolute atomic E-state index is 2.66. The van der Waals surface area contributed by atoms with E-state index >= 15 is 0 Å². The summed E-state index contributed by atoms with van der Waals surface area (Å²) < 4.78 is 0. The van der Waals surface area contributed by atoms with Crippen LogP contribution in [0.1, 0.15) is 38.5 Å². The van der Waals surface area contributed by atoms with Crippen LogP contribution in [0.5, 0.6) is 0 Å². The fraction of sp³-hybridized carbons (Fsp3) is 0.733. The average Bonchev–Trinajstić information content (AvgIpc) is 2.28. The average molecular weight is 215 g/mol. The Morgan fingerprint density at radius 2 is 1.50 bits per heavy atom. The van der Waals surface area contributed by atoms with Gasteiger partial charge >= 0.3 is 0 Å². The van der Waals surface area contributed by atoms with E-state index in [-0.39, 0.29) is 0 Å². The van der Waals surface area contributed by atoms with E-state index in [1.54, 1.807) is 19.3 Å². The molecule has 0 saturated heterocycles. The summed E-state index contributed by atoms with van der Waals surface area (Å²) in [4.78, 5) is 2.66. The largest absolute Gasteiger partial charge is 0.368 e. The van der Waals surface area contributed by atoms with Crippen LogP contribution in [0.4, 0.5) is 0 Å². The lowest BCUT2D eigenvalue weighted by Gasteiger charge is -2.60. The standard InChI is InChI=1S/C15H21N/c1-2-4-16(5-3-1)15-9-12-6-13(10-15)8-14(7-12)11-15/h1-4,12-14H,5-11H2. The first-order chi connectivity index (χ1) is 7.84. The van der Waals surface area contributed by atoms with Gasteiger partial charge in [-0.2, -0.15) is 0 Å². The number of rotatable bonds is 1. The minimum atomic E-state index is 0.565. The Balaban J connectivity index is 1.66. The van der Waals surface area contributed by atoms with Gasteiger partial charge in [0.2, 0.25) is 0 Å². The fourth-order valence-corrected chi connectivity index (χ4v) is 5.24. The van der Waals surface area contributed by atoms with Crippen molar-refractivity contribution in [3.05, 3.63) is 24.4 Å². The third-order valence-corrected chi connectivity index (χ3v) is 5.43. The van der Waals surface area contributed by atoms with Crippen LogP contribution in [-0.4, -0.2) is 17.0 Å². The Hall–Kier alpha value is -0.720. The van der Waals surface area contributed by atoms with Crippen LogP contribution >= 0.6 is 0 Å². The Labute approximate surface area is 98.2 Å². The third-order valence-electron chi connectivity index (χ3n) is 5.43. The van der Waals surface area contributed by atoms with Crippen molar-refractivity contribution in [3.8, 4) is 0 Å². The van der Waals surface area contributed by atoms with Gasteiger partial charge in [0.05, 0.1) is 0 Å². The summed E-state index contributed by atoms with van der Waals surface area (Å²) >= 11 is 0. The van der Waals surface area contributed by atoms with Crippen LogP contribution in [0.2, 0.25) is 0 Å². The first kappa shape index (κ1) is 9.32. The summed E-state index contributed by atoms with van der Waals surface area (Å²) in [6.07, 6.45) is 18.2. The second-order valence-electron chi connectivity index (χ2n) is 6.56. The van der Waals surface area contributed by atoms with E-state index in [0.717, 1.165) is 24.3 Å². The predicted molar refractivity (Wildman–Crippen MR) is 65.9 cm³/mol. The topological polar surface area (TPSA) is 3.24 Å². The highest BCUT2D eigenvalue weighted by Gasteiger charge is 2.52. The van der Waals surface area contributed by atoms with Crippen LogP contribution in [0.15, 0.2) is 24.4 Å². The lowest BCUT2D eigenvalue weighted by atomic mass is 9.52. The van der Waals surface area contributed by atoms with Crippen molar-refractivity contribution < 1.29 is 0 Å². The molecular weight excluding hydrogens is 194 g/mol. The highest BCUT2D eigenvalue weighted by molar-refractivity contribution is 5.16. The molecular formula is C15H21N. The molecule has 0 atom stereocenters. The molecule has 0 spiro atoms. The molecule has 4 fully saturated rings. The van der Waals surface area contributed by atoms with Crippen molar-refractivity contribution in [1.82, 2.24) is 4.90 Å². The van der Waals surface area contributed by atoms with Crippen molar-refractivity contribution >= 4 is 0 Å². The molecule has 0 aromatic heterocycles. The van der Waals surface area contributed by atoms with Crippen molar-refractivity contribution in [2.75, 3.05) is 6.54 Å². The van der Waals surface area contributed by atoms with Gasteiger partial charge in [-0.3, -0.25) is 0 Å². The molecule has 4 saturated carbocycles. The smallest absolute Gasteiger partial charge is 0.0408 e. The quantitative estimate of drug-likeness (QED) is 0.648. The number of hydrogen-bond donors (Lipinski definition) is 0. The second-order valence-corrected chi connectivity index (χ2v) is 6.56.